The minimum absolute atomic E-state index is 0.0114. The molecule has 1 aliphatic rings. The van der Waals surface area contributed by atoms with Crippen LogP contribution >= 0.6 is 0 Å². The van der Waals surface area contributed by atoms with Crippen molar-refractivity contribution in [3.8, 4) is 5.75 Å². The molecule has 9 nitrogen and oxygen atoms in total. The van der Waals surface area contributed by atoms with E-state index in [4.69, 9.17) is 14.8 Å². The van der Waals surface area contributed by atoms with Gasteiger partial charge in [-0.3, -0.25) is 23.8 Å². The van der Waals surface area contributed by atoms with Gasteiger partial charge in [-0.2, -0.15) is 5.10 Å². The highest BCUT2D eigenvalue weighted by Crippen LogP contribution is 2.25. The first-order valence-corrected chi connectivity index (χ1v) is 14.8. The van der Waals surface area contributed by atoms with Gasteiger partial charge in [0, 0.05) is 62.0 Å². The van der Waals surface area contributed by atoms with Crippen molar-refractivity contribution in [2.45, 2.75) is 46.2 Å². The molecule has 6 rings (SSSR count). The topological polar surface area (TPSA) is 80.8 Å². The predicted octanol–water partition coefficient (Wildman–Crippen LogP) is 4.44. The Morgan fingerprint density at radius 3 is 2.76 bits per heavy atom. The fraction of sp³-hybridized carbons (Fsp3) is 0.394. The predicted molar refractivity (Wildman–Crippen MR) is 164 cm³/mol. The fourth-order valence-corrected chi connectivity index (χ4v) is 5.88. The smallest absolute Gasteiger partial charge is 0.185 e. The van der Waals surface area contributed by atoms with Gasteiger partial charge in [0.1, 0.15) is 23.7 Å². The third-order valence-electron chi connectivity index (χ3n) is 8.42. The number of piperazine rings is 1. The van der Waals surface area contributed by atoms with E-state index in [1.807, 2.05) is 64.7 Å². The summed E-state index contributed by atoms with van der Waals surface area (Å²) in [7, 11) is 2.18. The Morgan fingerprint density at radius 2 is 1.93 bits per heavy atom. The summed E-state index contributed by atoms with van der Waals surface area (Å²) in [6.07, 6.45) is 4.70. The van der Waals surface area contributed by atoms with Crippen molar-refractivity contribution >= 4 is 22.3 Å². The Labute approximate surface area is 246 Å². The van der Waals surface area contributed by atoms with Gasteiger partial charge in [0.15, 0.2) is 5.78 Å². The molecular weight excluding hydrogens is 526 g/mol. The van der Waals surface area contributed by atoms with Gasteiger partial charge in [0.25, 0.3) is 0 Å². The van der Waals surface area contributed by atoms with E-state index in [0.717, 1.165) is 71.9 Å². The second kappa shape index (κ2) is 12.0. The first-order chi connectivity index (χ1) is 20.4. The van der Waals surface area contributed by atoms with Crippen LogP contribution in [0.1, 0.15) is 47.0 Å². The number of aryl methyl sites for hydroxylation is 2. The second-order valence-corrected chi connectivity index (χ2v) is 11.3. The summed E-state index contributed by atoms with van der Waals surface area (Å²) in [4.78, 5) is 27.7. The second-order valence-electron chi connectivity index (χ2n) is 11.3. The van der Waals surface area contributed by atoms with Crippen LogP contribution in [0.2, 0.25) is 0 Å². The molecule has 42 heavy (non-hydrogen) atoms. The van der Waals surface area contributed by atoms with Gasteiger partial charge in [0.2, 0.25) is 0 Å². The lowest BCUT2D eigenvalue weighted by molar-refractivity contribution is 0.0928. The fourth-order valence-electron chi connectivity index (χ4n) is 5.88. The number of ketones is 1. The number of Topliss-reactive ketones (excluding diaryl/α,β-unsaturated/α-hetero) is 1. The molecule has 218 valence electrons. The SMILES string of the molecule is CCc1cccc(Cn2nc(C)c3c(CC(=O)c4cnc5cc(OCCN6CCN(C)[C@@H](C)C6)ccn45)cccc32)n1. The Balaban J connectivity index is 1.15. The zero-order chi connectivity index (χ0) is 29.2. The van der Waals surface area contributed by atoms with Crippen molar-refractivity contribution in [2.75, 3.05) is 39.8 Å². The van der Waals surface area contributed by atoms with Crippen LogP contribution in [0.5, 0.6) is 5.75 Å². The molecule has 0 spiro atoms. The number of fused-ring (bicyclic) bond motifs is 2. The van der Waals surface area contributed by atoms with Gasteiger partial charge in [-0.1, -0.05) is 25.1 Å². The molecule has 1 fully saturated rings. The van der Waals surface area contributed by atoms with E-state index >= 15 is 0 Å². The molecule has 4 aromatic heterocycles. The summed E-state index contributed by atoms with van der Waals surface area (Å²) in [6, 6.07) is 16.6. The van der Waals surface area contributed by atoms with Crippen LogP contribution in [0, 0.1) is 6.92 Å². The molecule has 1 saturated heterocycles. The van der Waals surface area contributed by atoms with Gasteiger partial charge in [0.05, 0.1) is 29.6 Å². The number of carbonyl (C=O) groups is 1. The molecule has 9 heteroatoms. The number of likely N-dealkylation sites (N-methyl/N-ethyl adjacent to an activating group) is 1. The molecule has 1 aliphatic heterocycles. The zero-order valence-corrected chi connectivity index (χ0v) is 25.0. The van der Waals surface area contributed by atoms with Crippen molar-refractivity contribution in [3.63, 3.8) is 0 Å². The maximum atomic E-state index is 13.6. The highest BCUT2D eigenvalue weighted by atomic mass is 16.5. The lowest BCUT2D eigenvalue weighted by Gasteiger charge is -2.37. The average molecular weight is 566 g/mol. The maximum absolute atomic E-state index is 13.6. The minimum Gasteiger partial charge on any atom is -0.492 e. The van der Waals surface area contributed by atoms with Crippen LogP contribution in [0.15, 0.2) is 60.9 Å². The maximum Gasteiger partial charge on any atom is 0.185 e. The van der Waals surface area contributed by atoms with E-state index in [-0.39, 0.29) is 12.2 Å². The third kappa shape index (κ3) is 5.80. The number of ether oxygens (including phenoxy) is 1. The van der Waals surface area contributed by atoms with E-state index in [1.165, 1.54) is 0 Å². The molecule has 0 saturated carbocycles. The largest absolute Gasteiger partial charge is 0.492 e. The van der Waals surface area contributed by atoms with Gasteiger partial charge in [-0.15, -0.1) is 0 Å². The average Bonchev–Trinajstić information content (AvgIpc) is 3.56. The molecule has 0 N–H and O–H groups in total. The Hall–Kier alpha value is -4.08. The van der Waals surface area contributed by atoms with E-state index in [2.05, 4.69) is 41.7 Å². The standard InChI is InChI=1S/C33H39N7O2/c1-5-26-9-7-10-27(35-26)22-40-29-11-6-8-25(33(29)24(3)36-40)18-31(41)30-20-34-32-19-28(12-13-39(30)32)42-17-16-38-15-14-37(4)23(2)21-38/h6-13,19-20,23H,5,14-18,21-22H2,1-4H3/t23-/m0/s1. The highest BCUT2D eigenvalue weighted by Gasteiger charge is 2.21. The Morgan fingerprint density at radius 1 is 1.10 bits per heavy atom. The number of imidazole rings is 1. The molecule has 5 aromatic rings. The molecule has 0 amide bonds. The van der Waals surface area contributed by atoms with E-state index < -0.39 is 0 Å². The third-order valence-corrected chi connectivity index (χ3v) is 8.42. The molecule has 0 radical (unpaired) electrons. The van der Waals surface area contributed by atoms with Gasteiger partial charge in [-0.25, -0.2) is 4.98 Å². The number of pyridine rings is 2. The quantitative estimate of drug-likeness (QED) is 0.232. The van der Waals surface area contributed by atoms with Crippen molar-refractivity contribution in [1.82, 2.24) is 33.9 Å². The van der Waals surface area contributed by atoms with Crippen molar-refractivity contribution in [1.29, 1.82) is 0 Å². The van der Waals surface area contributed by atoms with E-state index in [0.29, 0.717) is 30.5 Å². The van der Waals surface area contributed by atoms with Gasteiger partial charge < -0.3 is 9.64 Å². The van der Waals surface area contributed by atoms with Crippen molar-refractivity contribution in [2.24, 2.45) is 0 Å². The summed E-state index contributed by atoms with van der Waals surface area (Å²) in [5.41, 5.74) is 6.18. The number of benzene rings is 1. The van der Waals surface area contributed by atoms with Crippen molar-refractivity contribution < 1.29 is 9.53 Å². The number of aromatic nitrogens is 5. The van der Waals surface area contributed by atoms with E-state index in [1.54, 1.807) is 6.20 Å². The van der Waals surface area contributed by atoms with Crippen LogP contribution in [-0.2, 0) is 19.4 Å². The molecule has 0 aliphatic carbocycles. The summed E-state index contributed by atoms with van der Waals surface area (Å²) >= 11 is 0. The lowest BCUT2D eigenvalue weighted by Crippen LogP contribution is -2.50. The number of carbonyl (C=O) groups excluding carboxylic acids is 1. The van der Waals surface area contributed by atoms with E-state index in [9.17, 15) is 4.79 Å². The summed E-state index contributed by atoms with van der Waals surface area (Å²) in [5, 5.41) is 5.85. The summed E-state index contributed by atoms with van der Waals surface area (Å²) in [6.45, 7) is 11.7. The number of hydrogen-bond acceptors (Lipinski definition) is 7. The number of hydrogen-bond donors (Lipinski definition) is 0. The van der Waals surface area contributed by atoms with Gasteiger partial charge >= 0.3 is 0 Å². The van der Waals surface area contributed by atoms with Crippen LogP contribution in [0.3, 0.4) is 0 Å². The van der Waals surface area contributed by atoms with Crippen LogP contribution < -0.4 is 4.74 Å². The molecule has 0 unspecified atom stereocenters. The first kappa shape index (κ1) is 28.1. The van der Waals surface area contributed by atoms with Crippen LogP contribution in [0.4, 0.5) is 0 Å². The first-order valence-electron chi connectivity index (χ1n) is 14.8. The van der Waals surface area contributed by atoms with Gasteiger partial charge in [-0.05, 0) is 57.1 Å². The van der Waals surface area contributed by atoms with Crippen LogP contribution in [-0.4, -0.2) is 85.6 Å². The Bertz CT molecular complexity index is 1720. The Kier molecular flexibility index (Phi) is 8.04. The van der Waals surface area contributed by atoms with Crippen molar-refractivity contribution in [3.05, 3.63) is 89.3 Å². The minimum atomic E-state index is 0.0114. The highest BCUT2D eigenvalue weighted by molar-refractivity contribution is 5.99. The molecule has 1 aromatic carbocycles. The summed E-state index contributed by atoms with van der Waals surface area (Å²) < 4.78 is 9.89. The zero-order valence-electron chi connectivity index (χ0n) is 25.0. The molecule has 5 heterocycles. The molecule has 1 atom stereocenters. The summed E-state index contributed by atoms with van der Waals surface area (Å²) in [5.74, 6) is 0.776. The number of nitrogens with zero attached hydrogens (tertiary/aromatic N) is 7. The lowest BCUT2D eigenvalue weighted by atomic mass is 10.0. The monoisotopic (exact) mass is 565 g/mol. The molecule has 0 bridgehead atoms. The normalized spacial score (nSPS) is 16.4. The van der Waals surface area contributed by atoms with Crippen LogP contribution in [0.25, 0.3) is 16.6 Å². The number of rotatable bonds is 10. The molecular formula is C33H39N7O2.